The first-order chi connectivity index (χ1) is 9.24. The maximum absolute atomic E-state index is 5.58. The van der Waals surface area contributed by atoms with Gasteiger partial charge in [0.05, 0.1) is 17.2 Å². The molecule has 0 atom stereocenters. The Labute approximate surface area is 111 Å². The average molecular weight is 247 g/mol. The SMILES string of the molecule is Cc1cc(C)c2cc3c4c(ccnc4c2c1)OC=C3. The molecular weight excluding hydrogens is 234 g/mol. The number of nitrogens with zero attached hydrogens (tertiary/aromatic N) is 1. The Morgan fingerprint density at radius 3 is 2.84 bits per heavy atom. The molecule has 0 aliphatic carbocycles. The van der Waals surface area contributed by atoms with Gasteiger partial charge in [0.15, 0.2) is 0 Å². The summed E-state index contributed by atoms with van der Waals surface area (Å²) in [4.78, 5) is 4.58. The predicted molar refractivity (Wildman–Crippen MR) is 78.4 cm³/mol. The van der Waals surface area contributed by atoms with Crippen LogP contribution in [0.2, 0.25) is 0 Å². The first-order valence-electron chi connectivity index (χ1n) is 6.40. The molecule has 0 bridgehead atoms. The molecule has 0 fully saturated rings. The second kappa shape index (κ2) is 3.58. The van der Waals surface area contributed by atoms with Crippen LogP contribution >= 0.6 is 0 Å². The van der Waals surface area contributed by atoms with Crippen LogP contribution in [0.5, 0.6) is 5.75 Å². The van der Waals surface area contributed by atoms with E-state index >= 15 is 0 Å². The molecule has 0 saturated heterocycles. The zero-order chi connectivity index (χ0) is 13.0. The first kappa shape index (κ1) is 10.6. The lowest BCUT2D eigenvalue weighted by atomic mass is 9.95. The lowest BCUT2D eigenvalue weighted by molar-refractivity contribution is 0.488. The highest BCUT2D eigenvalue weighted by Gasteiger charge is 2.14. The van der Waals surface area contributed by atoms with Crippen molar-refractivity contribution in [3.8, 4) is 5.75 Å². The molecule has 2 nitrogen and oxygen atoms in total. The molecule has 0 spiro atoms. The van der Waals surface area contributed by atoms with Crippen LogP contribution in [-0.4, -0.2) is 4.98 Å². The second-order valence-corrected chi connectivity index (χ2v) is 5.10. The molecule has 1 aliphatic rings. The molecule has 1 aliphatic heterocycles. The number of hydrogen-bond donors (Lipinski definition) is 0. The van der Waals surface area contributed by atoms with Crippen LogP contribution in [0.1, 0.15) is 16.7 Å². The summed E-state index contributed by atoms with van der Waals surface area (Å²) >= 11 is 0. The number of ether oxygens (including phenoxy) is 1. The Hall–Kier alpha value is -2.35. The summed E-state index contributed by atoms with van der Waals surface area (Å²) in [6.07, 6.45) is 5.57. The van der Waals surface area contributed by atoms with Crippen LogP contribution in [0, 0.1) is 13.8 Å². The zero-order valence-corrected chi connectivity index (χ0v) is 10.9. The van der Waals surface area contributed by atoms with Crippen molar-refractivity contribution in [2.75, 3.05) is 0 Å². The molecule has 3 aromatic rings. The molecule has 0 amide bonds. The quantitative estimate of drug-likeness (QED) is 0.550. The molecule has 2 aromatic carbocycles. The van der Waals surface area contributed by atoms with E-state index in [1.54, 1.807) is 6.26 Å². The van der Waals surface area contributed by atoms with E-state index in [0.29, 0.717) is 0 Å². The van der Waals surface area contributed by atoms with Crippen molar-refractivity contribution in [3.63, 3.8) is 0 Å². The van der Waals surface area contributed by atoms with E-state index in [2.05, 4.69) is 37.0 Å². The van der Waals surface area contributed by atoms with Gasteiger partial charge in [-0.3, -0.25) is 4.98 Å². The van der Waals surface area contributed by atoms with E-state index in [-0.39, 0.29) is 0 Å². The van der Waals surface area contributed by atoms with Crippen LogP contribution in [0.3, 0.4) is 0 Å². The summed E-state index contributed by atoms with van der Waals surface area (Å²) in [5.41, 5.74) is 4.77. The number of rotatable bonds is 0. The van der Waals surface area contributed by atoms with Gasteiger partial charge in [-0.1, -0.05) is 11.6 Å². The van der Waals surface area contributed by atoms with Crippen molar-refractivity contribution in [3.05, 3.63) is 53.4 Å². The molecule has 92 valence electrons. The van der Waals surface area contributed by atoms with Crippen molar-refractivity contribution in [2.45, 2.75) is 13.8 Å². The van der Waals surface area contributed by atoms with Gasteiger partial charge < -0.3 is 4.74 Å². The van der Waals surface area contributed by atoms with Gasteiger partial charge >= 0.3 is 0 Å². The molecular formula is C17H13NO. The van der Waals surface area contributed by atoms with E-state index in [4.69, 9.17) is 4.74 Å². The third-order valence-corrected chi connectivity index (χ3v) is 3.73. The number of aryl methyl sites for hydroxylation is 2. The summed E-state index contributed by atoms with van der Waals surface area (Å²) in [6.45, 7) is 4.28. The van der Waals surface area contributed by atoms with Gasteiger partial charge in [0.25, 0.3) is 0 Å². The van der Waals surface area contributed by atoms with Crippen LogP contribution < -0.4 is 4.74 Å². The normalized spacial score (nSPS) is 12.9. The van der Waals surface area contributed by atoms with Crippen LogP contribution in [0.15, 0.2) is 36.7 Å². The van der Waals surface area contributed by atoms with Gasteiger partial charge in [-0.05, 0) is 54.6 Å². The Balaban J connectivity index is 2.33. The Kier molecular flexibility index (Phi) is 1.99. The average Bonchev–Trinajstić information content (AvgIpc) is 2.41. The van der Waals surface area contributed by atoms with Gasteiger partial charge in [0, 0.05) is 11.6 Å². The largest absolute Gasteiger partial charge is 0.464 e. The van der Waals surface area contributed by atoms with Gasteiger partial charge in [0.2, 0.25) is 0 Å². The maximum Gasteiger partial charge on any atom is 0.138 e. The lowest BCUT2D eigenvalue weighted by Crippen LogP contribution is -1.96. The monoisotopic (exact) mass is 247 g/mol. The van der Waals surface area contributed by atoms with E-state index in [1.807, 2.05) is 18.3 Å². The fourth-order valence-corrected chi connectivity index (χ4v) is 2.93. The fraction of sp³-hybridized carbons (Fsp3) is 0.118. The molecule has 0 radical (unpaired) electrons. The van der Waals surface area contributed by atoms with Crippen LogP contribution in [-0.2, 0) is 0 Å². The number of fused-ring (bicyclic) bond motifs is 2. The highest BCUT2D eigenvalue weighted by atomic mass is 16.5. The highest BCUT2D eigenvalue weighted by Crippen LogP contribution is 2.37. The number of pyridine rings is 1. The third-order valence-electron chi connectivity index (χ3n) is 3.73. The summed E-state index contributed by atoms with van der Waals surface area (Å²) < 4.78 is 5.58. The smallest absolute Gasteiger partial charge is 0.138 e. The van der Waals surface area contributed by atoms with Gasteiger partial charge in [-0.25, -0.2) is 0 Å². The third kappa shape index (κ3) is 1.40. The molecule has 1 aromatic heterocycles. The Morgan fingerprint density at radius 1 is 1.05 bits per heavy atom. The van der Waals surface area contributed by atoms with E-state index in [0.717, 1.165) is 16.7 Å². The molecule has 2 heteroatoms. The Morgan fingerprint density at radius 2 is 1.95 bits per heavy atom. The minimum Gasteiger partial charge on any atom is -0.464 e. The standard InChI is InChI=1S/C17H13NO/c1-10-7-11(2)13-9-12-4-6-19-15-3-5-18-17(16(12)15)14(13)8-10/h3-9H,1-2H3. The molecule has 0 N–H and O–H groups in total. The van der Waals surface area contributed by atoms with Gasteiger partial charge in [-0.15, -0.1) is 0 Å². The van der Waals surface area contributed by atoms with E-state index < -0.39 is 0 Å². The topological polar surface area (TPSA) is 22.1 Å². The van der Waals surface area contributed by atoms with Gasteiger partial charge in [0.1, 0.15) is 5.75 Å². The van der Waals surface area contributed by atoms with Crippen molar-refractivity contribution >= 4 is 27.8 Å². The van der Waals surface area contributed by atoms with Crippen molar-refractivity contribution in [1.82, 2.24) is 4.98 Å². The lowest BCUT2D eigenvalue weighted by Gasteiger charge is -2.15. The fourth-order valence-electron chi connectivity index (χ4n) is 2.93. The number of aromatic nitrogens is 1. The zero-order valence-electron chi connectivity index (χ0n) is 10.9. The Bertz CT molecular complexity index is 862. The highest BCUT2D eigenvalue weighted by molar-refractivity contribution is 6.12. The van der Waals surface area contributed by atoms with Crippen LogP contribution in [0.25, 0.3) is 27.8 Å². The summed E-state index contributed by atoms with van der Waals surface area (Å²) in [5.74, 6) is 0.892. The minimum absolute atomic E-state index is 0.892. The van der Waals surface area contributed by atoms with Crippen molar-refractivity contribution in [2.24, 2.45) is 0 Å². The predicted octanol–water partition coefficient (Wildman–Crippen LogP) is 4.37. The van der Waals surface area contributed by atoms with E-state index in [9.17, 15) is 0 Å². The molecule has 0 saturated carbocycles. The van der Waals surface area contributed by atoms with Crippen molar-refractivity contribution in [1.29, 1.82) is 0 Å². The van der Waals surface area contributed by atoms with Gasteiger partial charge in [-0.2, -0.15) is 0 Å². The summed E-state index contributed by atoms with van der Waals surface area (Å²) in [7, 11) is 0. The number of benzene rings is 2. The minimum atomic E-state index is 0.892. The molecule has 2 heterocycles. The second-order valence-electron chi connectivity index (χ2n) is 5.10. The maximum atomic E-state index is 5.58. The summed E-state index contributed by atoms with van der Waals surface area (Å²) in [6, 6.07) is 8.57. The first-order valence-corrected chi connectivity index (χ1v) is 6.40. The van der Waals surface area contributed by atoms with Crippen LogP contribution in [0.4, 0.5) is 0 Å². The summed E-state index contributed by atoms with van der Waals surface area (Å²) in [5, 5.41) is 3.59. The molecule has 4 rings (SSSR count). The van der Waals surface area contributed by atoms with Crippen molar-refractivity contribution < 1.29 is 4.74 Å². The molecule has 19 heavy (non-hydrogen) atoms. The van der Waals surface area contributed by atoms with E-state index in [1.165, 1.54) is 27.5 Å². The number of hydrogen-bond acceptors (Lipinski definition) is 2. The molecule has 0 unspecified atom stereocenters.